The van der Waals surface area contributed by atoms with Gasteiger partial charge in [0.2, 0.25) is 5.91 Å². The van der Waals surface area contributed by atoms with Crippen LogP contribution in [0, 0.1) is 5.92 Å². The van der Waals surface area contributed by atoms with Crippen LogP contribution in [-0.4, -0.2) is 36.0 Å². The van der Waals surface area contributed by atoms with Gasteiger partial charge in [0, 0.05) is 6.92 Å². The van der Waals surface area contributed by atoms with E-state index >= 15 is 0 Å². The van der Waals surface area contributed by atoms with E-state index in [1.54, 1.807) is 18.7 Å². The van der Waals surface area contributed by atoms with E-state index in [1.165, 1.54) is 6.92 Å². The summed E-state index contributed by atoms with van der Waals surface area (Å²) in [5, 5.41) is 0. The van der Waals surface area contributed by atoms with Gasteiger partial charge in [-0.25, -0.2) is 0 Å². The summed E-state index contributed by atoms with van der Waals surface area (Å²) in [6.45, 7) is 6.20. The van der Waals surface area contributed by atoms with Crippen LogP contribution >= 0.6 is 0 Å². The smallest absolute Gasteiger partial charge is 0.308 e. The van der Waals surface area contributed by atoms with Crippen LogP contribution in [0.2, 0.25) is 0 Å². The Balaban J connectivity index is 2.22. The Morgan fingerprint density at radius 3 is 2.31 bits per heavy atom. The summed E-state index contributed by atoms with van der Waals surface area (Å²) in [7, 11) is 0. The van der Waals surface area contributed by atoms with E-state index in [4.69, 9.17) is 4.74 Å². The number of rotatable bonds is 2. The number of hydrogen-bond donors (Lipinski definition) is 0. The Labute approximate surface area is 77.8 Å². The van der Waals surface area contributed by atoms with Crippen molar-refractivity contribution in [3.8, 4) is 0 Å². The van der Waals surface area contributed by atoms with Crippen molar-refractivity contribution in [2.45, 2.75) is 26.9 Å². The van der Waals surface area contributed by atoms with Crippen molar-refractivity contribution in [1.82, 2.24) is 4.90 Å². The standard InChI is InChI=1S/C9H15NO3/c1-6(2)9(12)13-8-4-10(5-8)7(3)11/h6,8H,4-5H2,1-3H3. The molecule has 1 amide bonds. The Kier molecular flexibility index (Phi) is 2.90. The molecular formula is C9H15NO3. The minimum Gasteiger partial charge on any atom is -0.458 e. The average molecular weight is 185 g/mol. The van der Waals surface area contributed by atoms with Crippen molar-refractivity contribution in [2.24, 2.45) is 5.92 Å². The van der Waals surface area contributed by atoms with Crippen LogP contribution in [0.15, 0.2) is 0 Å². The first-order valence-corrected chi connectivity index (χ1v) is 4.46. The molecule has 0 aromatic carbocycles. The first-order chi connectivity index (χ1) is 6.00. The predicted octanol–water partition coefficient (Wildman–Crippen LogP) is 0.416. The van der Waals surface area contributed by atoms with Gasteiger partial charge in [-0.3, -0.25) is 9.59 Å². The number of likely N-dealkylation sites (tertiary alicyclic amines) is 1. The second kappa shape index (κ2) is 3.77. The molecule has 0 unspecified atom stereocenters. The molecule has 0 atom stereocenters. The summed E-state index contributed by atoms with van der Waals surface area (Å²) >= 11 is 0. The van der Waals surface area contributed by atoms with Crippen LogP contribution in [0.25, 0.3) is 0 Å². The highest BCUT2D eigenvalue weighted by atomic mass is 16.5. The van der Waals surface area contributed by atoms with Crippen molar-refractivity contribution < 1.29 is 14.3 Å². The molecule has 0 aromatic rings. The SMILES string of the molecule is CC(=O)N1CC(OC(=O)C(C)C)C1. The number of carbonyl (C=O) groups is 2. The fraction of sp³-hybridized carbons (Fsp3) is 0.778. The van der Waals surface area contributed by atoms with Crippen molar-refractivity contribution in [2.75, 3.05) is 13.1 Å². The van der Waals surface area contributed by atoms with Gasteiger partial charge >= 0.3 is 5.97 Å². The quantitative estimate of drug-likeness (QED) is 0.585. The third-order valence-electron chi connectivity index (χ3n) is 2.05. The van der Waals surface area contributed by atoms with E-state index in [2.05, 4.69) is 0 Å². The zero-order valence-corrected chi connectivity index (χ0v) is 8.24. The van der Waals surface area contributed by atoms with Crippen molar-refractivity contribution >= 4 is 11.9 Å². The predicted molar refractivity (Wildman–Crippen MR) is 47.0 cm³/mol. The normalized spacial score (nSPS) is 17.1. The summed E-state index contributed by atoms with van der Waals surface area (Å²) < 4.78 is 5.10. The largest absolute Gasteiger partial charge is 0.458 e. The highest BCUT2D eigenvalue weighted by Gasteiger charge is 2.31. The van der Waals surface area contributed by atoms with Crippen LogP contribution in [0.3, 0.4) is 0 Å². The molecule has 0 aliphatic carbocycles. The molecule has 0 radical (unpaired) electrons. The summed E-state index contributed by atoms with van der Waals surface area (Å²) in [6, 6.07) is 0. The van der Waals surface area contributed by atoms with Gasteiger partial charge in [0.05, 0.1) is 19.0 Å². The number of ether oxygens (including phenoxy) is 1. The van der Waals surface area contributed by atoms with Gasteiger partial charge in [-0.1, -0.05) is 13.8 Å². The van der Waals surface area contributed by atoms with Crippen molar-refractivity contribution in [1.29, 1.82) is 0 Å². The number of esters is 1. The van der Waals surface area contributed by atoms with Gasteiger partial charge in [0.15, 0.2) is 0 Å². The lowest BCUT2D eigenvalue weighted by Crippen LogP contribution is -2.54. The lowest BCUT2D eigenvalue weighted by atomic mass is 10.1. The minimum atomic E-state index is -0.187. The zero-order chi connectivity index (χ0) is 10.0. The van der Waals surface area contributed by atoms with Crippen LogP contribution in [-0.2, 0) is 14.3 Å². The monoisotopic (exact) mass is 185 g/mol. The number of carbonyl (C=O) groups excluding carboxylic acids is 2. The third kappa shape index (κ3) is 2.44. The fourth-order valence-electron chi connectivity index (χ4n) is 1.07. The second-order valence-corrected chi connectivity index (χ2v) is 3.64. The third-order valence-corrected chi connectivity index (χ3v) is 2.05. The maximum atomic E-state index is 11.1. The Morgan fingerprint density at radius 1 is 1.38 bits per heavy atom. The molecular weight excluding hydrogens is 170 g/mol. The molecule has 0 saturated carbocycles. The van der Waals surface area contributed by atoms with Crippen LogP contribution in [0.4, 0.5) is 0 Å². The van der Waals surface area contributed by atoms with E-state index in [0.29, 0.717) is 13.1 Å². The molecule has 0 aromatic heterocycles. The highest BCUT2D eigenvalue weighted by Crippen LogP contribution is 2.13. The van der Waals surface area contributed by atoms with Gasteiger partial charge in [0.25, 0.3) is 0 Å². The van der Waals surface area contributed by atoms with E-state index < -0.39 is 0 Å². The Hall–Kier alpha value is -1.06. The van der Waals surface area contributed by atoms with Crippen LogP contribution in [0.5, 0.6) is 0 Å². The summed E-state index contributed by atoms with van der Waals surface area (Å²) in [5.74, 6) is -0.239. The summed E-state index contributed by atoms with van der Waals surface area (Å²) in [4.78, 5) is 23.5. The van der Waals surface area contributed by atoms with E-state index in [-0.39, 0.29) is 23.9 Å². The first kappa shape index (κ1) is 10.0. The van der Waals surface area contributed by atoms with Crippen LogP contribution in [0.1, 0.15) is 20.8 Å². The topological polar surface area (TPSA) is 46.6 Å². The molecule has 0 bridgehead atoms. The highest BCUT2D eigenvalue weighted by molar-refractivity contribution is 5.75. The maximum Gasteiger partial charge on any atom is 0.308 e. The molecule has 0 spiro atoms. The number of amides is 1. The molecule has 13 heavy (non-hydrogen) atoms. The second-order valence-electron chi connectivity index (χ2n) is 3.64. The average Bonchev–Trinajstić information content (AvgIpc) is 1.94. The molecule has 1 rings (SSSR count). The van der Waals surface area contributed by atoms with Gasteiger partial charge in [-0.15, -0.1) is 0 Å². The van der Waals surface area contributed by atoms with Gasteiger partial charge < -0.3 is 9.64 Å². The molecule has 1 saturated heterocycles. The lowest BCUT2D eigenvalue weighted by Gasteiger charge is -2.37. The van der Waals surface area contributed by atoms with E-state index in [0.717, 1.165) is 0 Å². The van der Waals surface area contributed by atoms with Crippen molar-refractivity contribution in [3.05, 3.63) is 0 Å². The van der Waals surface area contributed by atoms with Crippen LogP contribution < -0.4 is 0 Å². The van der Waals surface area contributed by atoms with Gasteiger partial charge in [-0.2, -0.15) is 0 Å². The molecule has 4 heteroatoms. The molecule has 1 heterocycles. The van der Waals surface area contributed by atoms with E-state index in [1.807, 2.05) is 0 Å². The molecule has 1 aliphatic rings. The molecule has 0 N–H and O–H groups in total. The minimum absolute atomic E-state index is 0.0387. The maximum absolute atomic E-state index is 11.1. The van der Waals surface area contributed by atoms with Crippen molar-refractivity contribution in [3.63, 3.8) is 0 Å². The lowest BCUT2D eigenvalue weighted by molar-refractivity contribution is -0.165. The van der Waals surface area contributed by atoms with Gasteiger partial charge in [-0.05, 0) is 0 Å². The first-order valence-electron chi connectivity index (χ1n) is 4.46. The molecule has 74 valence electrons. The fourth-order valence-corrected chi connectivity index (χ4v) is 1.07. The molecule has 1 aliphatic heterocycles. The molecule has 1 fully saturated rings. The Bertz CT molecular complexity index is 219. The summed E-state index contributed by atoms with van der Waals surface area (Å²) in [6.07, 6.45) is -0.0844. The van der Waals surface area contributed by atoms with Gasteiger partial charge in [0.1, 0.15) is 6.10 Å². The number of hydrogen-bond acceptors (Lipinski definition) is 3. The zero-order valence-electron chi connectivity index (χ0n) is 8.24. The molecule has 4 nitrogen and oxygen atoms in total. The summed E-state index contributed by atoms with van der Waals surface area (Å²) in [5.41, 5.74) is 0. The Morgan fingerprint density at radius 2 is 1.92 bits per heavy atom. The number of nitrogens with zero attached hydrogens (tertiary/aromatic N) is 1. The van der Waals surface area contributed by atoms with E-state index in [9.17, 15) is 9.59 Å².